The van der Waals surface area contributed by atoms with Crippen molar-refractivity contribution >= 4 is 21.6 Å². The summed E-state index contributed by atoms with van der Waals surface area (Å²) in [7, 11) is 4.37. The maximum atomic E-state index is 6.47. The number of ether oxygens (including phenoxy) is 1. The van der Waals surface area contributed by atoms with Crippen molar-refractivity contribution in [1.82, 2.24) is 14.9 Å². The van der Waals surface area contributed by atoms with Gasteiger partial charge in [0.1, 0.15) is 17.3 Å². The number of nitrogens with zero attached hydrogens (tertiary/aromatic N) is 3. The molecule has 0 bridgehead atoms. The van der Waals surface area contributed by atoms with E-state index < -0.39 is 0 Å². The Hall–Kier alpha value is -1.20. The highest BCUT2D eigenvalue weighted by molar-refractivity contribution is 7.19. The fourth-order valence-electron chi connectivity index (χ4n) is 4.77. The van der Waals surface area contributed by atoms with E-state index in [1.807, 2.05) is 11.3 Å². The number of hydrogen-bond acceptors (Lipinski definition) is 5. The maximum Gasteiger partial charge on any atom is 0.225 e. The third kappa shape index (κ3) is 3.48. The molecule has 0 saturated heterocycles. The van der Waals surface area contributed by atoms with Gasteiger partial charge in [-0.25, -0.2) is 9.97 Å². The van der Waals surface area contributed by atoms with Crippen molar-refractivity contribution < 1.29 is 4.74 Å². The van der Waals surface area contributed by atoms with E-state index >= 15 is 0 Å². The second kappa shape index (κ2) is 7.43. The van der Waals surface area contributed by atoms with Gasteiger partial charge in [0.2, 0.25) is 5.88 Å². The summed E-state index contributed by atoms with van der Waals surface area (Å²) in [6, 6.07) is 0.695. The summed E-state index contributed by atoms with van der Waals surface area (Å²) in [5.41, 5.74) is 1.51. The first kappa shape index (κ1) is 18.2. The van der Waals surface area contributed by atoms with Crippen LogP contribution in [0.2, 0.25) is 0 Å². The first-order valence-corrected chi connectivity index (χ1v) is 10.9. The number of aryl methyl sites for hydroxylation is 1. The fraction of sp³-hybridized carbons (Fsp3) is 0.714. The van der Waals surface area contributed by atoms with Gasteiger partial charge in [0, 0.05) is 10.9 Å². The van der Waals surface area contributed by atoms with Gasteiger partial charge >= 0.3 is 0 Å². The number of hydrogen-bond donors (Lipinski definition) is 0. The largest absolute Gasteiger partial charge is 0.474 e. The highest BCUT2D eigenvalue weighted by Gasteiger charge is 2.31. The third-order valence-electron chi connectivity index (χ3n) is 6.10. The van der Waals surface area contributed by atoms with Crippen LogP contribution in [0.3, 0.4) is 0 Å². The minimum Gasteiger partial charge on any atom is -0.474 e. The molecule has 0 aliphatic heterocycles. The molecule has 2 aliphatic rings. The topological polar surface area (TPSA) is 38.3 Å². The molecule has 26 heavy (non-hydrogen) atoms. The number of thiophene rings is 1. The molecule has 1 saturated carbocycles. The predicted octanol–water partition coefficient (Wildman–Crippen LogP) is 5.02. The summed E-state index contributed by atoms with van der Waals surface area (Å²) >= 11 is 1.86. The Morgan fingerprint density at radius 1 is 1.15 bits per heavy atom. The van der Waals surface area contributed by atoms with Crippen LogP contribution in [0.15, 0.2) is 6.33 Å². The lowest BCUT2D eigenvalue weighted by Gasteiger charge is -2.32. The van der Waals surface area contributed by atoms with Crippen LogP contribution in [0.4, 0.5) is 0 Å². The molecule has 0 amide bonds. The van der Waals surface area contributed by atoms with Crippen LogP contribution in [0.1, 0.15) is 68.7 Å². The van der Waals surface area contributed by atoms with Crippen LogP contribution in [0, 0.1) is 5.92 Å². The zero-order valence-electron chi connectivity index (χ0n) is 16.5. The van der Waals surface area contributed by atoms with Gasteiger partial charge in [0.15, 0.2) is 0 Å². The van der Waals surface area contributed by atoms with Crippen molar-refractivity contribution in [3.05, 3.63) is 16.8 Å². The smallest absolute Gasteiger partial charge is 0.225 e. The minimum atomic E-state index is 0.296. The second-order valence-corrected chi connectivity index (χ2v) is 9.76. The molecule has 0 N–H and O–H groups in total. The van der Waals surface area contributed by atoms with E-state index in [1.54, 1.807) is 6.33 Å². The quantitative estimate of drug-likeness (QED) is 0.738. The lowest BCUT2D eigenvalue weighted by atomic mass is 9.91. The van der Waals surface area contributed by atoms with E-state index in [-0.39, 0.29) is 0 Å². The molecular formula is C21H31N3OS. The lowest BCUT2D eigenvalue weighted by Crippen LogP contribution is -2.35. The molecule has 4 rings (SSSR count). The van der Waals surface area contributed by atoms with Crippen molar-refractivity contribution in [2.75, 3.05) is 14.1 Å². The highest BCUT2D eigenvalue weighted by Crippen LogP contribution is 2.48. The zero-order chi connectivity index (χ0) is 18.3. The van der Waals surface area contributed by atoms with E-state index in [9.17, 15) is 0 Å². The maximum absolute atomic E-state index is 6.47. The molecular weight excluding hydrogens is 342 g/mol. The number of aromatic nitrogens is 2. The number of fused-ring (bicyclic) bond motifs is 3. The van der Waals surface area contributed by atoms with E-state index in [4.69, 9.17) is 4.74 Å². The molecule has 2 aromatic rings. The summed E-state index contributed by atoms with van der Waals surface area (Å²) < 4.78 is 6.47. The van der Waals surface area contributed by atoms with Crippen molar-refractivity contribution in [2.45, 2.75) is 76.9 Å². The SMILES string of the molecule is CC(C)C[C@H]1CCc2sc3ncnc(OC4CCC(N(C)C)CC4)c3c21. The molecule has 2 heterocycles. The van der Waals surface area contributed by atoms with E-state index in [0.717, 1.165) is 29.5 Å². The summed E-state index contributed by atoms with van der Waals surface area (Å²) in [4.78, 5) is 14.1. The van der Waals surface area contributed by atoms with Crippen LogP contribution in [0.25, 0.3) is 10.2 Å². The number of rotatable bonds is 5. The Balaban J connectivity index is 1.58. The average Bonchev–Trinajstić information content (AvgIpc) is 3.15. The van der Waals surface area contributed by atoms with Crippen LogP contribution < -0.4 is 4.74 Å². The fourth-order valence-corrected chi connectivity index (χ4v) is 6.00. The normalized spacial score (nSPS) is 26.0. The van der Waals surface area contributed by atoms with Gasteiger partial charge in [-0.15, -0.1) is 11.3 Å². The van der Waals surface area contributed by atoms with Gasteiger partial charge < -0.3 is 9.64 Å². The van der Waals surface area contributed by atoms with Gasteiger partial charge in [0.25, 0.3) is 0 Å². The Morgan fingerprint density at radius 2 is 1.92 bits per heavy atom. The summed E-state index contributed by atoms with van der Waals surface area (Å²) in [6.07, 6.45) is 10.4. The first-order valence-electron chi connectivity index (χ1n) is 10.1. The van der Waals surface area contributed by atoms with Gasteiger partial charge in [-0.1, -0.05) is 13.8 Å². The predicted molar refractivity (Wildman–Crippen MR) is 108 cm³/mol. The van der Waals surface area contributed by atoms with Crippen LogP contribution in [-0.4, -0.2) is 41.1 Å². The Bertz CT molecular complexity index is 762. The lowest BCUT2D eigenvalue weighted by molar-refractivity contribution is 0.108. The van der Waals surface area contributed by atoms with Crippen molar-refractivity contribution in [3.63, 3.8) is 0 Å². The van der Waals surface area contributed by atoms with E-state index in [2.05, 4.69) is 42.8 Å². The van der Waals surface area contributed by atoms with Crippen molar-refractivity contribution in [2.24, 2.45) is 5.92 Å². The molecule has 2 aliphatic carbocycles. The minimum absolute atomic E-state index is 0.296. The van der Waals surface area contributed by atoms with Crippen LogP contribution in [-0.2, 0) is 6.42 Å². The highest BCUT2D eigenvalue weighted by atomic mass is 32.1. The molecule has 5 heteroatoms. The molecule has 2 aromatic heterocycles. The van der Waals surface area contributed by atoms with Gasteiger partial charge in [0.05, 0.1) is 5.39 Å². The molecule has 4 nitrogen and oxygen atoms in total. The molecule has 0 aromatic carbocycles. The average molecular weight is 374 g/mol. The van der Waals surface area contributed by atoms with E-state index in [0.29, 0.717) is 18.1 Å². The van der Waals surface area contributed by atoms with E-state index in [1.165, 1.54) is 47.9 Å². The first-order chi connectivity index (χ1) is 12.5. The van der Waals surface area contributed by atoms with Crippen LogP contribution in [0.5, 0.6) is 5.88 Å². The molecule has 1 atom stereocenters. The Labute approximate surface area is 161 Å². The summed E-state index contributed by atoms with van der Waals surface area (Å²) in [5.74, 6) is 2.21. The van der Waals surface area contributed by atoms with Crippen molar-refractivity contribution in [1.29, 1.82) is 0 Å². The van der Waals surface area contributed by atoms with Crippen molar-refractivity contribution in [3.8, 4) is 5.88 Å². The van der Waals surface area contributed by atoms with Gasteiger partial charge in [-0.2, -0.15) is 0 Å². The second-order valence-electron chi connectivity index (χ2n) is 8.68. The molecule has 1 fully saturated rings. The van der Waals surface area contributed by atoms with Crippen LogP contribution >= 0.6 is 11.3 Å². The van der Waals surface area contributed by atoms with Gasteiger partial charge in [-0.05, 0) is 76.4 Å². The molecule has 0 unspecified atom stereocenters. The monoisotopic (exact) mass is 373 g/mol. The standard InChI is InChI=1S/C21H31N3OS/c1-13(2)11-14-5-10-17-18(14)19-20(22-12-23-21(19)26-17)25-16-8-6-15(7-9-16)24(3)4/h12-16H,5-11H2,1-4H3/t14-,15?,16?/m1/s1. The molecule has 0 radical (unpaired) electrons. The summed E-state index contributed by atoms with van der Waals surface area (Å²) in [5, 5.41) is 1.23. The Morgan fingerprint density at radius 3 is 2.62 bits per heavy atom. The molecule has 0 spiro atoms. The molecule has 142 valence electrons. The summed E-state index contributed by atoms with van der Waals surface area (Å²) in [6.45, 7) is 4.65. The van der Waals surface area contributed by atoms with Gasteiger partial charge in [-0.3, -0.25) is 0 Å². The third-order valence-corrected chi connectivity index (χ3v) is 7.28. The Kier molecular flexibility index (Phi) is 5.20. The zero-order valence-corrected chi connectivity index (χ0v) is 17.3.